The summed E-state index contributed by atoms with van der Waals surface area (Å²) in [6.07, 6.45) is 2.44. The number of thiazole rings is 1. The quantitative estimate of drug-likeness (QED) is 0.932. The molecule has 0 unspecified atom stereocenters. The zero-order chi connectivity index (χ0) is 15.5. The highest BCUT2D eigenvalue weighted by Gasteiger charge is 2.31. The summed E-state index contributed by atoms with van der Waals surface area (Å²) in [5.74, 6) is -1.05. The van der Waals surface area contributed by atoms with Gasteiger partial charge in [-0.1, -0.05) is 6.07 Å². The van der Waals surface area contributed by atoms with Crippen molar-refractivity contribution in [1.29, 1.82) is 0 Å². The second kappa shape index (κ2) is 6.58. The molecule has 0 bridgehead atoms. The molecule has 3 rings (SSSR count). The van der Waals surface area contributed by atoms with Crippen molar-refractivity contribution in [2.45, 2.75) is 31.7 Å². The predicted octanol–water partition coefficient (Wildman–Crippen LogP) is 2.88. The van der Waals surface area contributed by atoms with E-state index in [1.54, 1.807) is 11.3 Å². The number of hydrogen-bond acceptors (Lipinski definition) is 5. The maximum Gasteiger partial charge on any atom is 0.326 e. The van der Waals surface area contributed by atoms with Crippen molar-refractivity contribution in [3.8, 4) is 9.88 Å². The third-order valence-corrected chi connectivity index (χ3v) is 5.65. The lowest BCUT2D eigenvalue weighted by atomic mass is 10.0. The van der Waals surface area contributed by atoms with Crippen LogP contribution in [0.3, 0.4) is 0 Å². The van der Waals surface area contributed by atoms with E-state index >= 15 is 0 Å². The average molecular weight is 336 g/mol. The average Bonchev–Trinajstić information content (AvgIpc) is 3.17. The van der Waals surface area contributed by atoms with Gasteiger partial charge < -0.3 is 10.0 Å². The van der Waals surface area contributed by atoms with Crippen LogP contribution in [-0.2, 0) is 16.0 Å². The summed E-state index contributed by atoms with van der Waals surface area (Å²) in [5.41, 5.74) is 0.716. The van der Waals surface area contributed by atoms with Gasteiger partial charge in [0.1, 0.15) is 11.0 Å². The van der Waals surface area contributed by atoms with Crippen molar-refractivity contribution >= 4 is 34.6 Å². The minimum Gasteiger partial charge on any atom is -0.480 e. The number of carbonyl (C=O) groups excluding carboxylic acids is 1. The number of amides is 1. The number of hydrogen-bond donors (Lipinski definition) is 1. The summed E-state index contributed by atoms with van der Waals surface area (Å²) in [5, 5.41) is 14.0. The van der Waals surface area contributed by atoms with Gasteiger partial charge in [-0.25, -0.2) is 9.78 Å². The summed E-state index contributed by atoms with van der Waals surface area (Å²) in [6.45, 7) is 0.526. The van der Waals surface area contributed by atoms with Crippen molar-refractivity contribution in [2.24, 2.45) is 0 Å². The maximum atomic E-state index is 12.4. The highest BCUT2D eigenvalue weighted by Crippen LogP contribution is 2.28. The lowest BCUT2D eigenvalue weighted by Gasteiger charge is -2.32. The van der Waals surface area contributed by atoms with Crippen LogP contribution in [-0.4, -0.2) is 39.5 Å². The van der Waals surface area contributed by atoms with E-state index in [0.29, 0.717) is 18.7 Å². The summed E-state index contributed by atoms with van der Waals surface area (Å²) in [7, 11) is 0. The van der Waals surface area contributed by atoms with E-state index in [9.17, 15) is 14.7 Å². The van der Waals surface area contributed by atoms with Gasteiger partial charge in [-0.05, 0) is 30.7 Å². The fourth-order valence-corrected chi connectivity index (χ4v) is 4.28. The molecule has 2 aromatic rings. The van der Waals surface area contributed by atoms with Crippen LogP contribution in [0.25, 0.3) is 9.88 Å². The Labute approximate surface area is 136 Å². The van der Waals surface area contributed by atoms with E-state index in [4.69, 9.17) is 0 Å². The normalized spacial score (nSPS) is 18.4. The Bertz CT molecular complexity index is 666. The van der Waals surface area contributed by atoms with E-state index in [0.717, 1.165) is 22.7 Å². The first-order valence-corrected chi connectivity index (χ1v) is 8.91. The number of carbonyl (C=O) groups is 2. The van der Waals surface area contributed by atoms with Crippen LogP contribution >= 0.6 is 22.7 Å². The van der Waals surface area contributed by atoms with Crippen molar-refractivity contribution in [1.82, 2.24) is 9.88 Å². The van der Waals surface area contributed by atoms with Gasteiger partial charge >= 0.3 is 5.97 Å². The zero-order valence-electron chi connectivity index (χ0n) is 11.9. The van der Waals surface area contributed by atoms with Crippen LogP contribution in [0.15, 0.2) is 22.9 Å². The Hall–Kier alpha value is -1.73. The molecule has 1 amide bonds. The van der Waals surface area contributed by atoms with Crippen molar-refractivity contribution < 1.29 is 14.7 Å². The molecular formula is C15H16N2O3S2. The Balaban J connectivity index is 1.70. The molecule has 7 heteroatoms. The van der Waals surface area contributed by atoms with E-state index in [1.165, 1.54) is 16.2 Å². The zero-order valence-corrected chi connectivity index (χ0v) is 13.5. The number of thiophene rings is 1. The molecule has 0 saturated carbocycles. The largest absolute Gasteiger partial charge is 0.480 e. The van der Waals surface area contributed by atoms with Crippen molar-refractivity contribution in [3.63, 3.8) is 0 Å². The topological polar surface area (TPSA) is 70.5 Å². The molecule has 116 valence electrons. The molecule has 0 radical (unpaired) electrons. The molecule has 22 heavy (non-hydrogen) atoms. The lowest BCUT2D eigenvalue weighted by Crippen LogP contribution is -2.48. The third kappa shape index (κ3) is 3.20. The van der Waals surface area contributed by atoms with Gasteiger partial charge in [-0.15, -0.1) is 22.7 Å². The molecule has 0 spiro atoms. The van der Waals surface area contributed by atoms with Gasteiger partial charge in [-0.2, -0.15) is 0 Å². The van der Waals surface area contributed by atoms with Crippen molar-refractivity contribution in [3.05, 3.63) is 28.6 Å². The van der Waals surface area contributed by atoms with Crippen LogP contribution in [0.5, 0.6) is 0 Å². The number of likely N-dealkylation sites (tertiary alicyclic amines) is 1. The Morgan fingerprint density at radius 3 is 2.95 bits per heavy atom. The Morgan fingerprint density at radius 1 is 1.36 bits per heavy atom. The fraction of sp³-hybridized carbons (Fsp3) is 0.400. The van der Waals surface area contributed by atoms with Crippen molar-refractivity contribution in [2.75, 3.05) is 6.54 Å². The summed E-state index contributed by atoms with van der Waals surface area (Å²) in [6, 6.07) is 3.29. The van der Waals surface area contributed by atoms with Crippen LogP contribution in [0.4, 0.5) is 0 Å². The highest BCUT2D eigenvalue weighted by atomic mass is 32.1. The number of aromatic nitrogens is 1. The smallest absolute Gasteiger partial charge is 0.326 e. The highest BCUT2D eigenvalue weighted by molar-refractivity contribution is 7.20. The Morgan fingerprint density at radius 2 is 2.23 bits per heavy atom. The molecule has 2 aromatic heterocycles. The molecule has 3 heterocycles. The number of rotatable bonds is 4. The van der Waals surface area contributed by atoms with Gasteiger partial charge in [-0.3, -0.25) is 4.79 Å². The monoisotopic (exact) mass is 336 g/mol. The third-order valence-electron chi connectivity index (χ3n) is 3.72. The minimum atomic E-state index is -0.911. The molecule has 5 nitrogen and oxygen atoms in total. The van der Waals surface area contributed by atoms with Gasteiger partial charge in [0.15, 0.2) is 0 Å². The summed E-state index contributed by atoms with van der Waals surface area (Å²) < 4.78 is 0. The predicted molar refractivity (Wildman–Crippen MR) is 86.1 cm³/mol. The molecule has 1 N–H and O–H groups in total. The van der Waals surface area contributed by atoms with E-state index in [-0.39, 0.29) is 12.3 Å². The summed E-state index contributed by atoms with van der Waals surface area (Å²) in [4.78, 5) is 30.8. The molecule has 1 aliphatic rings. The van der Waals surface area contributed by atoms with E-state index in [2.05, 4.69) is 4.98 Å². The van der Waals surface area contributed by atoms with Crippen LogP contribution < -0.4 is 0 Å². The molecule has 0 aromatic carbocycles. The van der Waals surface area contributed by atoms with Crippen LogP contribution in [0.1, 0.15) is 25.0 Å². The number of carboxylic acids is 1. The standard InChI is InChI=1S/C15H16N2O3S2/c18-13(17-6-2-1-4-11(17)15(19)20)8-10-9-22-14(16-10)12-5-3-7-21-12/h3,5,7,9,11H,1-2,4,6,8H2,(H,19,20)/t11-/m1/s1. The molecule has 1 aliphatic heterocycles. The second-order valence-electron chi connectivity index (χ2n) is 5.24. The van der Waals surface area contributed by atoms with Gasteiger partial charge in [0.25, 0.3) is 0 Å². The number of nitrogens with zero attached hydrogens (tertiary/aromatic N) is 2. The molecule has 1 fully saturated rings. The van der Waals surface area contributed by atoms with Gasteiger partial charge in [0.2, 0.25) is 5.91 Å². The first-order valence-electron chi connectivity index (χ1n) is 7.15. The minimum absolute atomic E-state index is 0.143. The number of aliphatic carboxylic acids is 1. The first kappa shape index (κ1) is 15.2. The number of piperidine rings is 1. The van der Waals surface area contributed by atoms with Gasteiger partial charge in [0.05, 0.1) is 17.0 Å². The maximum absolute atomic E-state index is 12.4. The SMILES string of the molecule is O=C(O)[C@H]1CCCCN1C(=O)Cc1csc(-c2cccs2)n1. The fourth-order valence-electron chi connectivity index (χ4n) is 2.64. The molecule has 0 aliphatic carbocycles. The molecule has 1 atom stereocenters. The first-order chi connectivity index (χ1) is 10.6. The van der Waals surface area contributed by atoms with E-state index in [1.807, 2.05) is 22.9 Å². The van der Waals surface area contributed by atoms with E-state index < -0.39 is 12.0 Å². The second-order valence-corrected chi connectivity index (χ2v) is 7.04. The number of carboxylic acid groups (broad SMARTS) is 1. The van der Waals surface area contributed by atoms with Gasteiger partial charge in [0, 0.05) is 11.9 Å². The lowest BCUT2D eigenvalue weighted by molar-refractivity contribution is -0.151. The summed E-state index contributed by atoms with van der Waals surface area (Å²) >= 11 is 3.13. The van der Waals surface area contributed by atoms with Crippen LogP contribution in [0, 0.1) is 0 Å². The van der Waals surface area contributed by atoms with Crippen LogP contribution in [0.2, 0.25) is 0 Å². The molecule has 1 saturated heterocycles. The molecular weight excluding hydrogens is 320 g/mol. The Kier molecular flexibility index (Phi) is 4.54.